The predicted octanol–water partition coefficient (Wildman–Crippen LogP) is 1.06. The molecule has 0 radical (unpaired) electrons. The number of amides is 2. The van der Waals surface area contributed by atoms with Crippen LogP contribution in [0.25, 0.3) is 0 Å². The second kappa shape index (κ2) is 10.8. The summed E-state index contributed by atoms with van der Waals surface area (Å²) in [6.45, 7) is 6.63. The van der Waals surface area contributed by atoms with Crippen molar-refractivity contribution < 1.29 is 33.3 Å². The Labute approximate surface area is 164 Å². The van der Waals surface area contributed by atoms with Crippen LogP contribution in [0.1, 0.15) is 24.2 Å². The van der Waals surface area contributed by atoms with Crippen LogP contribution >= 0.6 is 0 Å². The first-order valence-corrected chi connectivity index (χ1v) is 8.48. The summed E-state index contributed by atoms with van der Waals surface area (Å²) < 4.78 is 20.7. The molecule has 0 spiro atoms. The standard InChI is InChI=1S/C19H26N2O7/c1-7-8-20-17(22)12(3)28-19(24)11(2)21-18(23)13-9-14(25-4)16(27-6)15(10-13)26-5/h7,9-12H,1,8H2,2-6H3,(H,20,22)(H,21,23)/t11-,12-/m0/s1. The minimum Gasteiger partial charge on any atom is -0.493 e. The first kappa shape index (κ1) is 22.8. The molecule has 0 saturated carbocycles. The van der Waals surface area contributed by atoms with Crippen molar-refractivity contribution >= 4 is 17.8 Å². The largest absolute Gasteiger partial charge is 0.493 e. The molecule has 1 aromatic carbocycles. The molecule has 0 fully saturated rings. The van der Waals surface area contributed by atoms with Gasteiger partial charge < -0.3 is 29.6 Å². The molecule has 0 bridgehead atoms. The lowest BCUT2D eigenvalue weighted by molar-refractivity contribution is -0.156. The highest BCUT2D eigenvalue weighted by atomic mass is 16.5. The summed E-state index contributed by atoms with van der Waals surface area (Å²) in [4.78, 5) is 36.4. The van der Waals surface area contributed by atoms with Gasteiger partial charge in [0.1, 0.15) is 6.04 Å². The molecule has 0 aliphatic rings. The van der Waals surface area contributed by atoms with Crippen molar-refractivity contribution in [1.29, 1.82) is 0 Å². The van der Waals surface area contributed by atoms with Gasteiger partial charge in [-0.1, -0.05) is 6.08 Å². The average molecular weight is 394 g/mol. The summed E-state index contributed by atoms with van der Waals surface area (Å²) >= 11 is 0. The van der Waals surface area contributed by atoms with Gasteiger partial charge in [0, 0.05) is 12.1 Å². The fourth-order valence-corrected chi connectivity index (χ4v) is 2.20. The van der Waals surface area contributed by atoms with Crippen molar-refractivity contribution in [2.75, 3.05) is 27.9 Å². The van der Waals surface area contributed by atoms with Crippen LogP contribution in [0.5, 0.6) is 17.2 Å². The molecule has 9 heteroatoms. The van der Waals surface area contributed by atoms with E-state index >= 15 is 0 Å². The smallest absolute Gasteiger partial charge is 0.329 e. The Bertz CT molecular complexity index is 708. The van der Waals surface area contributed by atoms with Gasteiger partial charge in [-0.15, -0.1) is 6.58 Å². The van der Waals surface area contributed by atoms with Crippen LogP contribution in [0, 0.1) is 0 Å². The maximum atomic E-state index is 12.5. The second-order valence-electron chi connectivity index (χ2n) is 5.72. The molecule has 0 aromatic heterocycles. The second-order valence-corrected chi connectivity index (χ2v) is 5.72. The van der Waals surface area contributed by atoms with Gasteiger partial charge in [0.25, 0.3) is 11.8 Å². The molecular weight excluding hydrogens is 368 g/mol. The molecule has 1 aromatic rings. The van der Waals surface area contributed by atoms with E-state index in [0.29, 0.717) is 17.2 Å². The van der Waals surface area contributed by atoms with Crippen LogP contribution in [0.15, 0.2) is 24.8 Å². The van der Waals surface area contributed by atoms with Gasteiger partial charge in [-0.3, -0.25) is 9.59 Å². The number of hydrogen-bond donors (Lipinski definition) is 2. The molecule has 28 heavy (non-hydrogen) atoms. The molecule has 9 nitrogen and oxygen atoms in total. The summed E-state index contributed by atoms with van der Waals surface area (Å²) in [6, 6.07) is 1.93. The Morgan fingerprint density at radius 2 is 1.64 bits per heavy atom. The van der Waals surface area contributed by atoms with Crippen molar-refractivity contribution in [2.24, 2.45) is 0 Å². The molecule has 0 unspecified atom stereocenters. The molecule has 0 aliphatic heterocycles. The number of ether oxygens (including phenoxy) is 4. The van der Waals surface area contributed by atoms with Crippen molar-refractivity contribution in [3.05, 3.63) is 30.4 Å². The number of esters is 1. The van der Waals surface area contributed by atoms with Crippen LogP contribution in [-0.4, -0.2) is 57.8 Å². The molecule has 0 heterocycles. The van der Waals surface area contributed by atoms with Crippen molar-refractivity contribution in [1.82, 2.24) is 10.6 Å². The van der Waals surface area contributed by atoms with E-state index in [2.05, 4.69) is 17.2 Å². The third-order valence-corrected chi connectivity index (χ3v) is 3.71. The maximum absolute atomic E-state index is 12.5. The van der Waals surface area contributed by atoms with Gasteiger partial charge in [-0.05, 0) is 26.0 Å². The van der Waals surface area contributed by atoms with Crippen molar-refractivity contribution in [2.45, 2.75) is 26.0 Å². The van der Waals surface area contributed by atoms with E-state index in [1.54, 1.807) is 0 Å². The summed E-state index contributed by atoms with van der Waals surface area (Å²) in [5.41, 5.74) is 0.200. The Morgan fingerprint density at radius 3 is 2.11 bits per heavy atom. The van der Waals surface area contributed by atoms with E-state index in [0.717, 1.165) is 0 Å². The van der Waals surface area contributed by atoms with E-state index in [1.807, 2.05) is 0 Å². The van der Waals surface area contributed by atoms with Gasteiger partial charge in [0.2, 0.25) is 5.75 Å². The number of nitrogens with one attached hydrogen (secondary N) is 2. The molecule has 154 valence electrons. The van der Waals surface area contributed by atoms with Crippen molar-refractivity contribution in [3.63, 3.8) is 0 Å². The lowest BCUT2D eigenvalue weighted by Gasteiger charge is -2.18. The fourth-order valence-electron chi connectivity index (χ4n) is 2.20. The van der Waals surface area contributed by atoms with Crippen molar-refractivity contribution in [3.8, 4) is 17.2 Å². The average Bonchev–Trinajstić information content (AvgIpc) is 2.70. The van der Waals surface area contributed by atoms with Crippen LogP contribution in [0.4, 0.5) is 0 Å². The molecule has 2 amide bonds. The number of carbonyl (C=O) groups excluding carboxylic acids is 3. The summed E-state index contributed by atoms with van der Waals surface area (Å²) in [7, 11) is 4.31. The predicted molar refractivity (Wildman–Crippen MR) is 102 cm³/mol. The van der Waals surface area contributed by atoms with Gasteiger partial charge in [-0.25, -0.2) is 4.79 Å². The maximum Gasteiger partial charge on any atom is 0.329 e. The number of carbonyl (C=O) groups is 3. The number of benzene rings is 1. The van der Waals surface area contributed by atoms with Crippen LogP contribution in [0.3, 0.4) is 0 Å². The van der Waals surface area contributed by atoms with Crippen LogP contribution in [-0.2, 0) is 14.3 Å². The monoisotopic (exact) mass is 394 g/mol. The molecule has 0 saturated heterocycles. The van der Waals surface area contributed by atoms with E-state index in [9.17, 15) is 14.4 Å². The number of methoxy groups -OCH3 is 3. The zero-order chi connectivity index (χ0) is 21.3. The van der Waals surface area contributed by atoms with Crippen LogP contribution in [0.2, 0.25) is 0 Å². The number of hydrogen-bond acceptors (Lipinski definition) is 7. The third-order valence-electron chi connectivity index (χ3n) is 3.71. The zero-order valence-electron chi connectivity index (χ0n) is 16.7. The number of rotatable bonds is 10. The topological polar surface area (TPSA) is 112 Å². The van der Waals surface area contributed by atoms with E-state index in [4.69, 9.17) is 18.9 Å². The molecular formula is C19H26N2O7. The van der Waals surface area contributed by atoms with E-state index in [-0.39, 0.29) is 12.1 Å². The lowest BCUT2D eigenvalue weighted by Crippen LogP contribution is -2.43. The summed E-state index contributed by atoms with van der Waals surface area (Å²) in [5.74, 6) is -0.816. The van der Waals surface area contributed by atoms with Gasteiger partial charge in [0.15, 0.2) is 17.6 Å². The Balaban J connectivity index is 2.82. The van der Waals surface area contributed by atoms with E-state index < -0.39 is 29.9 Å². The van der Waals surface area contributed by atoms with Gasteiger partial charge in [0.05, 0.1) is 21.3 Å². The minimum atomic E-state index is -1.01. The summed E-state index contributed by atoms with van der Waals surface area (Å²) in [6.07, 6.45) is 0.500. The quantitative estimate of drug-likeness (QED) is 0.451. The minimum absolute atomic E-state index is 0.200. The van der Waals surface area contributed by atoms with Gasteiger partial charge in [-0.2, -0.15) is 0 Å². The zero-order valence-corrected chi connectivity index (χ0v) is 16.7. The first-order chi connectivity index (χ1) is 13.3. The highest BCUT2D eigenvalue weighted by Gasteiger charge is 2.24. The summed E-state index contributed by atoms with van der Waals surface area (Å²) in [5, 5.41) is 5.03. The fraction of sp³-hybridized carbons (Fsp3) is 0.421. The van der Waals surface area contributed by atoms with E-state index in [1.165, 1.54) is 53.4 Å². The Hall–Kier alpha value is -3.23. The molecule has 2 N–H and O–H groups in total. The Morgan fingerprint density at radius 1 is 1.07 bits per heavy atom. The third kappa shape index (κ3) is 5.90. The Kier molecular flexibility index (Phi) is 8.80. The highest BCUT2D eigenvalue weighted by molar-refractivity contribution is 5.98. The first-order valence-electron chi connectivity index (χ1n) is 8.48. The SMILES string of the molecule is C=CCNC(=O)[C@H](C)OC(=O)[C@H](C)NC(=O)c1cc(OC)c(OC)c(OC)c1. The van der Waals surface area contributed by atoms with Crippen LogP contribution < -0.4 is 24.8 Å². The normalized spacial score (nSPS) is 12.2. The highest BCUT2D eigenvalue weighted by Crippen LogP contribution is 2.38. The molecule has 0 aliphatic carbocycles. The lowest BCUT2D eigenvalue weighted by atomic mass is 10.1. The molecule has 1 rings (SSSR count). The van der Waals surface area contributed by atoms with Gasteiger partial charge >= 0.3 is 5.97 Å². The molecule has 2 atom stereocenters.